The summed E-state index contributed by atoms with van der Waals surface area (Å²) in [5, 5.41) is 0. The van der Waals surface area contributed by atoms with Crippen LogP contribution in [0.15, 0.2) is 48.8 Å². The lowest BCUT2D eigenvalue weighted by Crippen LogP contribution is -2.15. The van der Waals surface area contributed by atoms with Crippen molar-refractivity contribution in [1.29, 1.82) is 0 Å². The fourth-order valence-electron chi connectivity index (χ4n) is 1.58. The Balaban J connectivity index is 2.35. The van der Waals surface area contributed by atoms with E-state index in [1.54, 1.807) is 42.6 Å². The van der Waals surface area contributed by atoms with Crippen molar-refractivity contribution in [2.75, 3.05) is 7.11 Å². The normalized spacial score (nSPS) is 9.83. The molecule has 0 N–H and O–H groups in total. The predicted octanol–water partition coefficient (Wildman–Crippen LogP) is 2.16. The van der Waals surface area contributed by atoms with Crippen LogP contribution in [0.4, 0.5) is 0 Å². The summed E-state index contributed by atoms with van der Waals surface area (Å²) in [6.45, 7) is 0. The van der Waals surface area contributed by atoms with Gasteiger partial charge in [-0.3, -0.25) is 14.6 Å². The first-order valence-electron chi connectivity index (χ1n) is 5.36. The molecule has 18 heavy (non-hydrogen) atoms. The number of ketones is 2. The second-order valence-electron chi connectivity index (χ2n) is 3.60. The maximum atomic E-state index is 12.1. The molecule has 0 aliphatic carbocycles. The monoisotopic (exact) mass is 241 g/mol. The first kappa shape index (κ1) is 12.0. The number of carbonyl (C=O) groups is 2. The zero-order valence-electron chi connectivity index (χ0n) is 9.79. The highest BCUT2D eigenvalue weighted by atomic mass is 16.5. The van der Waals surface area contributed by atoms with Gasteiger partial charge < -0.3 is 4.74 Å². The Morgan fingerprint density at radius 2 is 1.83 bits per heavy atom. The number of ether oxygens (including phenoxy) is 1. The van der Waals surface area contributed by atoms with Crippen molar-refractivity contribution in [3.05, 3.63) is 59.9 Å². The summed E-state index contributed by atoms with van der Waals surface area (Å²) >= 11 is 0. The minimum Gasteiger partial charge on any atom is -0.496 e. The molecule has 0 atom stereocenters. The van der Waals surface area contributed by atoms with Crippen LogP contribution in [0, 0.1) is 0 Å². The lowest BCUT2D eigenvalue weighted by molar-refractivity contribution is 0.0815. The van der Waals surface area contributed by atoms with Crippen molar-refractivity contribution in [2.24, 2.45) is 0 Å². The minimum absolute atomic E-state index is 0.258. The number of aromatic nitrogens is 1. The predicted molar refractivity (Wildman–Crippen MR) is 65.9 cm³/mol. The molecular formula is C14H11NO3. The first-order chi connectivity index (χ1) is 8.74. The molecule has 0 saturated heterocycles. The number of nitrogens with zero attached hydrogens (tertiary/aromatic N) is 1. The Bertz CT molecular complexity index is 579. The topological polar surface area (TPSA) is 56.3 Å². The number of hydrogen-bond donors (Lipinski definition) is 0. The van der Waals surface area contributed by atoms with E-state index in [4.69, 9.17) is 4.74 Å². The molecule has 0 aliphatic heterocycles. The minimum atomic E-state index is -0.597. The second-order valence-corrected chi connectivity index (χ2v) is 3.60. The maximum Gasteiger partial charge on any atom is 0.237 e. The van der Waals surface area contributed by atoms with E-state index in [9.17, 15) is 9.59 Å². The van der Waals surface area contributed by atoms with E-state index in [0.29, 0.717) is 5.75 Å². The Morgan fingerprint density at radius 1 is 1.06 bits per heavy atom. The Kier molecular flexibility index (Phi) is 3.48. The molecule has 0 amide bonds. The molecule has 0 bridgehead atoms. The van der Waals surface area contributed by atoms with E-state index in [1.807, 2.05) is 0 Å². The highest BCUT2D eigenvalue weighted by Gasteiger charge is 2.21. The van der Waals surface area contributed by atoms with Gasteiger partial charge in [0, 0.05) is 18.0 Å². The van der Waals surface area contributed by atoms with E-state index in [0.717, 1.165) is 0 Å². The zero-order chi connectivity index (χ0) is 13.0. The summed E-state index contributed by atoms with van der Waals surface area (Å²) in [5.74, 6) is -0.798. The van der Waals surface area contributed by atoms with E-state index < -0.39 is 11.6 Å². The molecule has 0 radical (unpaired) electrons. The van der Waals surface area contributed by atoms with Crippen LogP contribution in [0.2, 0.25) is 0 Å². The smallest absolute Gasteiger partial charge is 0.237 e. The zero-order valence-corrected chi connectivity index (χ0v) is 9.79. The van der Waals surface area contributed by atoms with Crippen LogP contribution in [-0.2, 0) is 0 Å². The molecule has 4 heteroatoms. The summed E-state index contributed by atoms with van der Waals surface area (Å²) in [7, 11) is 1.46. The molecule has 0 unspecified atom stereocenters. The van der Waals surface area contributed by atoms with Crippen molar-refractivity contribution >= 4 is 11.6 Å². The van der Waals surface area contributed by atoms with Gasteiger partial charge in [-0.25, -0.2) is 0 Å². The van der Waals surface area contributed by atoms with Crippen molar-refractivity contribution in [3.63, 3.8) is 0 Å². The summed E-state index contributed by atoms with van der Waals surface area (Å²) in [6, 6.07) is 9.81. The van der Waals surface area contributed by atoms with Crippen molar-refractivity contribution < 1.29 is 14.3 Å². The van der Waals surface area contributed by atoms with E-state index in [1.165, 1.54) is 13.3 Å². The second kappa shape index (κ2) is 5.23. The number of methoxy groups -OCH3 is 1. The number of rotatable bonds is 4. The van der Waals surface area contributed by atoms with Crippen LogP contribution in [0.3, 0.4) is 0 Å². The lowest BCUT2D eigenvalue weighted by atomic mass is 10.0. The summed E-state index contributed by atoms with van der Waals surface area (Å²) < 4.78 is 5.06. The molecule has 90 valence electrons. The van der Waals surface area contributed by atoms with Gasteiger partial charge in [-0.15, -0.1) is 0 Å². The highest BCUT2D eigenvalue weighted by Crippen LogP contribution is 2.19. The Labute approximate surface area is 104 Å². The van der Waals surface area contributed by atoms with Gasteiger partial charge in [-0.2, -0.15) is 0 Å². The molecule has 4 nitrogen and oxygen atoms in total. The third kappa shape index (κ3) is 2.27. The molecule has 1 aromatic carbocycles. The molecule has 1 heterocycles. The van der Waals surface area contributed by atoms with Crippen molar-refractivity contribution in [3.8, 4) is 5.75 Å². The van der Waals surface area contributed by atoms with Crippen LogP contribution < -0.4 is 4.74 Å². The van der Waals surface area contributed by atoms with Crippen LogP contribution in [0.25, 0.3) is 0 Å². The number of pyridine rings is 1. The van der Waals surface area contributed by atoms with Gasteiger partial charge in [0.25, 0.3) is 0 Å². The van der Waals surface area contributed by atoms with Gasteiger partial charge in [0.2, 0.25) is 11.6 Å². The molecule has 0 fully saturated rings. The van der Waals surface area contributed by atoms with Crippen LogP contribution in [-0.4, -0.2) is 23.7 Å². The number of hydrogen-bond acceptors (Lipinski definition) is 4. The van der Waals surface area contributed by atoms with Crippen LogP contribution >= 0.6 is 0 Å². The van der Waals surface area contributed by atoms with Gasteiger partial charge in [-0.1, -0.05) is 12.1 Å². The number of Topliss-reactive ketones (excluding diaryl/α,β-unsaturated/α-hetero) is 2. The Hall–Kier alpha value is -2.49. The van der Waals surface area contributed by atoms with Crippen LogP contribution in [0.1, 0.15) is 20.7 Å². The van der Waals surface area contributed by atoms with Crippen molar-refractivity contribution in [2.45, 2.75) is 0 Å². The average Bonchev–Trinajstić information content (AvgIpc) is 2.46. The standard InChI is InChI=1S/C14H11NO3/c1-18-12-7-3-2-6-11(12)14(17)13(16)10-5-4-8-15-9-10/h2-9H,1H3. The summed E-state index contributed by atoms with van der Waals surface area (Å²) in [5.41, 5.74) is 0.530. The van der Waals surface area contributed by atoms with E-state index >= 15 is 0 Å². The third-order valence-corrected chi connectivity index (χ3v) is 2.48. The number of benzene rings is 1. The van der Waals surface area contributed by atoms with Gasteiger partial charge in [0.15, 0.2) is 0 Å². The molecule has 2 rings (SSSR count). The molecule has 2 aromatic rings. The quantitative estimate of drug-likeness (QED) is 0.608. The van der Waals surface area contributed by atoms with Gasteiger partial charge in [0.05, 0.1) is 12.7 Å². The fraction of sp³-hybridized carbons (Fsp3) is 0.0714. The lowest BCUT2D eigenvalue weighted by Gasteiger charge is -2.06. The third-order valence-electron chi connectivity index (χ3n) is 2.48. The fourth-order valence-corrected chi connectivity index (χ4v) is 1.58. The number of para-hydroxylation sites is 1. The highest BCUT2D eigenvalue weighted by molar-refractivity contribution is 6.49. The molecule has 0 aliphatic rings. The first-order valence-corrected chi connectivity index (χ1v) is 5.36. The molecular weight excluding hydrogens is 230 g/mol. The molecule has 0 saturated carbocycles. The number of carbonyl (C=O) groups excluding carboxylic acids is 2. The largest absolute Gasteiger partial charge is 0.496 e. The maximum absolute atomic E-state index is 12.1. The van der Waals surface area contributed by atoms with E-state index in [-0.39, 0.29) is 11.1 Å². The van der Waals surface area contributed by atoms with Gasteiger partial charge >= 0.3 is 0 Å². The van der Waals surface area contributed by atoms with Gasteiger partial charge in [0.1, 0.15) is 5.75 Å². The SMILES string of the molecule is COc1ccccc1C(=O)C(=O)c1cccnc1. The van der Waals surface area contributed by atoms with E-state index in [2.05, 4.69) is 4.98 Å². The Morgan fingerprint density at radius 3 is 2.50 bits per heavy atom. The average molecular weight is 241 g/mol. The van der Waals surface area contributed by atoms with Crippen molar-refractivity contribution in [1.82, 2.24) is 4.98 Å². The molecule has 1 aromatic heterocycles. The summed E-state index contributed by atoms with van der Waals surface area (Å²) in [6.07, 6.45) is 2.92. The van der Waals surface area contributed by atoms with Gasteiger partial charge in [-0.05, 0) is 24.3 Å². The molecule has 0 spiro atoms. The van der Waals surface area contributed by atoms with Crippen LogP contribution in [0.5, 0.6) is 5.75 Å². The summed E-state index contributed by atoms with van der Waals surface area (Å²) in [4.78, 5) is 27.9.